The molecule has 0 aromatic carbocycles. The minimum absolute atomic E-state index is 0.0758. The summed E-state index contributed by atoms with van der Waals surface area (Å²) >= 11 is 0. The molecule has 3 aliphatic heterocycles. The van der Waals surface area contributed by atoms with Gasteiger partial charge in [-0.3, -0.25) is 4.79 Å². The molecule has 1 saturated carbocycles. The van der Waals surface area contributed by atoms with Gasteiger partial charge in [-0.1, -0.05) is 19.3 Å². The van der Waals surface area contributed by atoms with Gasteiger partial charge in [-0.2, -0.15) is 0 Å². The number of piperidine rings is 1. The zero-order valence-electron chi connectivity index (χ0n) is 18.6. The van der Waals surface area contributed by atoms with Gasteiger partial charge in [0.05, 0.1) is 5.41 Å². The number of rotatable bonds is 2. The van der Waals surface area contributed by atoms with Crippen molar-refractivity contribution in [2.45, 2.75) is 57.4 Å². The number of hydrogen-bond donors (Lipinski definition) is 1. The lowest BCUT2D eigenvalue weighted by Crippen LogP contribution is -2.55. The van der Waals surface area contributed by atoms with Gasteiger partial charge in [0, 0.05) is 63.6 Å². The summed E-state index contributed by atoms with van der Waals surface area (Å²) in [5.74, 6) is 0.963. The van der Waals surface area contributed by atoms with Crippen molar-refractivity contribution in [3.8, 4) is 0 Å². The molecule has 1 aromatic rings. The van der Waals surface area contributed by atoms with Crippen LogP contribution >= 0.6 is 0 Å². The van der Waals surface area contributed by atoms with E-state index in [9.17, 15) is 9.59 Å². The number of anilines is 1. The van der Waals surface area contributed by atoms with Crippen LogP contribution < -0.4 is 10.2 Å². The first kappa shape index (κ1) is 20.5. The molecular weight excluding hydrogens is 392 g/mol. The molecule has 8 heteroatoms. The van der Waals surface area contributed by atoms with E-state index >= 15 is 0 Å². The van der Waals surface area contributed by atoms with E-state index in [1.165, 1.54) is 19.3 Å². The standard InChI is InChI=1S/C23H34N6O2/c1-27-13-10-23(19(27)30)17-29(20-24-11-5-12-25-20)16-22(23)8-14-28(15-9-22)21(31)26-18-6-3-2-4-7-18/h5,11-12,18H,2-4,6-10,13-17H2,1H3,(H,26,31)/t23-/m0/s1. The maximum Gasteiger partial charge on any atom is 0.317 e. The van der Waals surface area contributed by atoms with Gasteiger partial charge in [-0.05, 0) is 38.2 Å². The zero-order valence-corrected chi connectivity index (χ0v) is 18.6. The molecule has 3 saturated heterocycles. The number of carbonyl (C=O) groups is 2. The maximum absolute atomic E-state index is 13.4. The van der Waals surface area contributed by atoms with E-state index in [0.29, 0.717) is 31.6 Å². The molecule has 8 nitrogen and oxygen atoms in total. The number of amides is 3. The Morgan fingerprint density at radius 2 is 1.74 bits per heavy atom. The van der Waals surface area contributed by atoms with E-state index in [2.05, 4.69) is 20.2 Å². The van der Waals surface area contributed by atoms with Gasteiger partial charge in [0.25, 0.3) is 0 Å². The monoisotopic (exact) mass is 426 g/mol. The fourth-order valence-corrected chi connectivity index (χ4v) is 6.52. The largest absolute Gasteiger partial charge is 0.345 e. The minimum Gasteiger partial charge on any atom is -0.345 e. The molecule has 1 aromatic heterocycles. The highest BCUT2D eigenvalue weighted by atomic mass is 16.2. The van der Waals surface area contributed by atoms with Crippen molar-refractivity contribution in [2.75, 3.05) is 44.7 Å². The summed E-state index contributed by atoms with van der Waals surface area (Å²) < 4.78 is 0. The van der Waals surface area contributed by atoms with Crippen LogP contribution in [0.2, 0.25) is 0 Å². The summed E-state index contributed by atoms with van der Waals surface area (Å²) in [4.78, 5) is 41.3. The second-order valence-corrected chi connectivity index (χ2v) is 10.0. The fourth-order valence-electron chi connectivity index (χ4n) is 6.52. The van der Waals surface area contributed by atoms with Crippen LogP contribution in [0.3, 0.4) is 0 Å². The first-order valence-electron chi connectivity index (χ1n) is 11.9. The molecule has 31 heavy (non-hydrogen) atoms. The smallest absolute Gasteiger partial charge is 0.317 e. The highest BCUT2D eigenvalue weighted by Crippen LogP contribution is 2.58. The molecule has 0 bridgehead atoms. The van der Waals surface area contributed by atoms with Gasteiger partial charge >= 0.3 is 6.03 Å². The summed E-state index contributed by atoms with van der Waals surface area (Å²) in [5, 5.41) is 3.26. The van der Waals surface area contributed by atoms with E-state index in [1.54, 1.807) is 12.4 Å². The second kappa shape index (κ2) is 7.95. The number of carbonyl (C=O) groups excluding carboxylic acids is 2. The molecule has 4 fully saturated rings. The lowest BCUT2D eigenvalue weighted by molar-refractivity contribution is -0.140. The molecule has 1 N–H and O–H groups in total. The Bertz CT molecular complexity index is 819. The maximum atomic E-state index is 13.4. The predicted molar refractivity (Wildman–Crippen MR) is 118 cm³/mol. The lowest BCUT2D eigenvalue weighted by atomic mass is 9.60. The first-order valence-corrected chi connectivity index (χ1v) is 11.9. The van der Waals surface area contributed by atoms with Crippen LogP contribution in [-0.4, -0.2) is 77.5 Å². The van der Waals surface area contributed by atoms with Gasteiger partial charge in [0.15, 0.2) is 0 Å². The van der Waals surface area contributed by atoms with Crippen LogP contribution in [0.1, 0.15) is 51.4 Å². The van der Waals surface area contributed by atoms with Crippen LogP contribution in [0.5, 0.6) is 0 Å². The van der Waals surface area contributed by atoms with Crippen molar-refractivity contribution < 1.29 is 9.59 Å². The van der Waals surface area contributed by atoms with Crippen LogP contribution in [-0.2, 0) is 4.79 Å². The number of urea groups is 1. The summed E-state index contributed by atoms with van der Waals surface area (Å²) in [6.45, 7) is 3.68. The van der Waals surface area contributed by atoms with Crippen LogP contribution in [0.25, 0.3) is 0 Å². The van der Waals surface area contributed by atoms with E-state index in [1.807, 2.05) is 22.9 Å². The molecular formula is C23H34N6O2. The number of hydrogen-bond acceptors (Lipinski definition) is 5. The van der Waals surface area contributed by atoms with Crippen molar-refractivity contribution in [3.63, 3.8) is 0 Å². The molecule has 0 radical (unpaired) electrons. The molecule has 3 amide bonds. The van der Waals surface area contributed by atoms with Gasteiger partial charge in [-0.25, -0.2) is 14.8 Å². The van der Waals surface area contributed by atoms with Gasteiger partial charge in [0.2, 0.25) is 11.9 Å². The van der Waals surface area contributed by atoms with Gasteiger partial charge in [0.1, 0.15) is 0 Å². The topological polar surface area (TPSA) is 81.7 Å². The Labute approximate surface area is 184 Å². The zero-order chi connectivity index (χ0) is 21.5. The third-order valence-corrected chi connectivity index (χ3v) is 8.38. The SMILES string of the molecule is CN1CC[C@]2(CN(c3ncccn3)CC23CCN(C(=O)NC2CCCCC2)CC3)C1=O. The number of nitrogens with one attached hydrogen (secondary N) is 1. The minimum atomic E-state index is -0.396. The van der Waals surface area contributed by atoms with Crippen molar-refractivity contribution >= 4 is 17.9 Å². The molecule has 2 spiro atoms. The van der Waals surface area contributed by atoms with Crippen LogP contribution in [0, 0.1) is 10.8 Å². The lowest BCUT2D eigenvalue weighted by Gasteiger charge is -2.46. The summed E-state index contributed by atoms with van der Waals surface area (Å²) in [6, 6.07) is 2.22. The molecule has 4 heterocycles. The predicted octanol–water partition coefficient (Wildman–Crippen LogP) is 2.27. The van der Waals surface area contributed by atoms with E-state index in [0.717, 1.165) is 45.2 Å². The third-order valence-electron chi connectivity index (χ3n) is 8.38. The second-order valence-electron chi connectivity index (χ2n) is 10.0. The quantitative estimate of drug-likeness (QED) is 0.785. The Balaban J connectivity index is 1.32. The summed E-state index contributed by atoms with van der Waals surface area (Å²) in [5.41, 5.74) is -0.525. The van der Waals surface area contributed by atoms with Crippen LogP contribution in [0.15, 0.2) is 18.5 Å². The number of aromatic nitrogens is 2. The van der Waals surface area contributed by atoms with E-state index in [4.69, 9.17) is 0 Å². The van der Waals surface area contributed by atoms with Gasteiger partial charge < -0.3 is 20.0 Å². The Morgan fingerprint density at radius 1 is 1.03 bits per heavy atom. The van der Waals surface area contributed by atoms with Crippen molar-refractivity contribution in [2.24, 2.45) is 10.8 Å². The average Bonchev–Trinajstić information content (AvgIpc) is 3.28. The molecule has 1 aliphatic carbocycles. The highest BCUT2D eigenvalue weighted by molar-refractivity contribution is 5.87. The number of nitrogens with zero attached hydrogens (tertiary/aromatic N) is 5. The summed E-state index contributed by atoms with van der Waals surface area (Å²) in [7, 11) is 1.92. The van der Waals surface area contributed by atoms with Crippen molar-refractivity contribution in [1.82, 2.24) is 25.1 Å². The van der Waals surface area contributed by atoms with Gasteiger partial charge in [-0.15, -0.1) is 0 Å². The Hall–Kier alpha value is -2.38. The molecule has 168 valence electrons. The van der Waals surface area contributed by atoms with Crippen LogP contribution in [0.4, 0.5) is 10.7 Å². The fraction of sp³-hybridized carbons (Fsp3) is 0.739. The van der Waals surface area contributed by atoms with Crippen molar-refractivity contribution in [3.05, 3.63) is 18.5 Å². The van der Waals surface area contributed by atoms with E-state index in [-0.39, 0.29) is 17.4 Å². The Kier molecular flexibility index (Phi) is 5.26. The molecule has 0 unspecified atom stereocenters. The molecule has 5 rings (SSSR count). The first-order chi connectivity index (χ1) is 15.0. The number of likely N-dealkylation sites (tertiary alicyclic amines) is 2. The normalized spacial score (nSPS) is 28.7. The molecule has 1 atom stereocenters. The van der Waals surface area contributed by atoms with Crippen molar-refractivity contribution in [1.29, 1.82) is 0 Å². The summed E-state index contributed by atoms with van der Waals surface area (Å²) in [6.07, 6.45) is 12.0. The van der Waals surface area contributed by atoms with E-state index < -0.39 is 5.41 Å². The number of fused-ring (bicyclic) bond motifs is 1. The highest BCUT2D eigenvalue weighted by Gasteiger charge is 2.65. The Morgan fingerprint density at radius 3 is 2.39 bits per heavy atom. The third kappa shape index (κ3) is 3.44. The average molecular weight is 427 g/mol. The molecule has 4 aliphatic rings.